The molecular formula is C14H21FN2. The zero-order chi connectivity index (χ0) is 12.3. The zero-order valence-electron chi connectivity index (χ0n) is 10.7. The summed E-state index contributed by atoms with van der Waals surface area (Å²) < 4.78 is 13.9. The minimum Gasteiger partial charge on any atom is -0.368 e. The van der Waals surface area contributed by atoms with Gasteiger partial charge in [0.05, 0.1) is 0 Å². The molecular weight excluding hydrogens is 215 g/mol. The van der Waals surface area contributed by atoms with Gasteiger partial charge in [-0.2, -0.15) is 0 Å². The highest BCUT2D eigenvalue weighted by molar-refractivity contribution is 5.55. The molecule has 1 aromatic carbocycles. The van der Waals surface area contributed by atoms with Crippen molar-refractivity contribution in [2.45, 2.75) is 39.3 Å². The monoisotopic (exact) mass is 236 g/mol. The number of nitrogens with zero attached hydrogens (tertiary/aromatic N) is 1. The van der Waals surface area contributed by atoms with Crippen LogP contribution in [0.1, 0.15) is 32.3 Å². The van der Waals surface area contributed by atoms with Crippen LogP contribution in [0.2, 0.25) is 0 Å². The molecule has 0 aromatic heterocycles. The molecule has 1 aliphatic carbocycles. The first-order chi connectivity index (χ1) is 8.27. The molecule has 0 bridgehead atoms. The summed E-state index contributed by atoms with van der Waals surface area (Å²) in [6, 6.07) is 6.03. The Bertz CT molecular complexity index is 374. The molecule has 1 N–H and O–H groups in total. The first kappa shape index (κ1) is 12.4. The summed E-state index contributed by atoms with van der Waals surface area (Å²) in [6.07, 6.45) is 2.48. The molecule has 0 aliphatic heterocycles. The smallest absolute Gasteiger partial charge is 0.129 e. The third kappa shape index (κ3) is 2.78. The third-order valence-electron chi connectivity index (χ3n) is 3.28. The van der Waals surface area contributed by atoms with E-state index >= 15 is 0 Å². The predicted octanol–water partition coefficient (Wildman–Crippen LogP) is 2.92. The quantitative estimate of drug-likeness (QED) is 0.817. The van der Waals surface area contributed by atoms with Crippen LogP contribution in [-0.2, 0) is 6.54 Å². The van der Waals surface area contributed by atoms with E-state index in [0.717, 1.165) is 24.3 Å². The maximum absolute atomic E-state index is 13.9. The van der Waals surface area contributed by atoms with Gasteiger partial charge in [-0.25, -0.2) is 4.39 Å². The molecule has 0 amide bonds. The van der Waals surface area contributed by atoms with Gasteiger partial charge in [-0.1, -0.05) is 13.0 Å². The Morgan fingerprint density at radius 2 is 2.12 bits per heavy atom. The Kier molecular flexibility index (Phi) is 4.00. The second-order valence-corrected chi connectivity index (χ2v) is 4.54. The Hall–Kier alpha value is -1.09. The minimum absolute atomic E-state index is 0.0949. The fourth-order valence-corrected chi connectivity index (χ4v) is 2.25. The van der Waals surface area contributed by atoms with Gasteiger partial charge < -0.3 is 10.2 Å². The van der Waals surface area contributed by atoms with Gasteiger partial charge in [-0.3, -0.25) is 0 Å². The van der Waals surface area contributed by atoms with Crippen molar-refractivity contribution >= 4 is 5.69 Å². The zero-order valence-corrected chi connectivity index (χ0v) is 10.7. The van der Waals surface area contributed by atoms with E-state index in [1.54, 1.807) is 6.07 Å². The Balaban J connectivity index is 2.26. The van der Waals surface area contributed by atoms with Gasteiger partial charge in [0.2, 0.25) is 0 Å². The molecule has 0 spiro atoms. The molecule has 1 aliphatic rings. The minimum atomic E-state index is -0.0949. The van der Waals surface area contributed by atoms with Gasteiger partial charge in [-0.05, 0) is 38.4 Å². The molecule has 17 heavy (non-hydrogen) atoms. The molecule has 1 saturated carbocycles. The van der Waals surface area contributed by atoms with E-state index in [9.17, 15) is 4.39 Å². The van der Waals surface area contributed by atoms with Crippen LogP contribution in [-0.4, -0.2) is 19.1 Å². The lowest BCUT2D eigenvalue weighted by Gasteiger charge is -2.26. The van der Waals surface area contributed by atoms with E-state index in [1.165, 1.54) is 12.8 Å². The summed E-state index contributed by atoms with van der Waals surface area (Å²) in [5.74, 6) is -0.0949. The normalized spacial score (nSPS) is 15.0. The van der Waals surface area contributed by atoms with Gasteiger partial charge in [-0.15, -0.1) is 0 Å². The van der Waals surface area contributed by atoms with Gasteiger partial charge in [0.25, 0.3) is 0 Å². The van der Waals surface area contributed by atoms with Crippen LogP contribution in [0.3, 0.4) is 0 Å². The Labute approximate surface area is 103 Å². The number of benzene rings is 1. The summed E-state index contributed by atoms with van der Waals surface area (Å²) in [6.45, 7) is 6.61. The average molecular weight is 236 g/mol. The molecule has 1 fully saturated rings. The second-order valence-electron chi connectivity index (χ2n) is 4.54. The van der Waals surface area contributed by atoms with Crippen LogP contribution in [0.5, 0.6) is 0 Å². The molecule has 0 heterocycles. The van der Waals surface area contributed by atoms with E-state index < -0.39 is 0 Å². The lowest BCUT2D eigenvalue weighted by molar-refractivity contribution is 0.591. The van der Waals surface area contributed by atoms with Crippen molar-refractivity contribution in [2.24, 2.45) is 0 Å². The highest BCUT2D eigenvalue weighted by Crippen LogP contribution is 2.34. The van der Waals surface area contributed by atoms with E-state index in [0.29, 0.717) is 12.6 Å². The van der Waals surface area contributed by atoms with Crippen molar-refractivity contribution in [2.75, 3.05) is 18.0 Å². The van der Waals surface area contributed by atoms with E-state index in [1.807, 2.05) is 19.1 Å². The highest BCUT2D eigenvalue weighted by atomic mass is 19.1. The van der Waals surface area contributed by atoms with E-state index in [4.69, 9.17) is 0 Å². The Morgan fingerprint density at radius 3 is 2.71 bits per heavy atom. The fraction of sp³-hybridized carbons (Fsp3) is 0.571. The van der Waals surface area contributed by atoms with Crippen molar-refractivity contribution in [1.29, 1.82) is 0 Å². The molecule has 0 atom stereocenters. The van der Waals surface area contributed by atoms with Crippen LogP contribution in [0.4, 0.5) is 10.1 Å². The van der Waals surface area contributed by atoms with Crippen LogP contribution in [0.15, 0.2) is 18.2 Å². The molecule has 2 nitrogen and oxygen atoms in total. The fourth-order valence-electron chi connectivity index (χ4n) is 2.25. The van der Waals surface area contributed by atoms with Crippen LogP contribution in [0, 0.1) is 5.82 Å². The third-order valence-corrected chi connectivity index (χ3v) is 3.28. The summed E-state index contributed by atoms with van der Waals surface area (Å²) in [7, 11) is 0. The number of rotatable bonds is 6. The molecule has 0 radical (unpaired) electrons. The molecule has 3 heteroatoms. The summed E-state index contributed by atoms with van der Waals surface area (Å²) in [5, 5.41) is 3.22. The largest absolute Gasteiger partial charge is 0.368 e. The van der Waals surface area contributed by atoms with Crippen molar-refractivity contribution in [3.05, 3.63) is 29.6 Å². The number of halogens is 1. The predicted molar refractivity (Wildman–Crippen MR) is 69.8 cm³/mol. The van der Waals surface area contributed by atoms with Crippen LogP contribution < -0.4 is 10.2 Å². The first-order valence-corrected chi connectivity index (χ1v) is 6.52. The SMILES string of the molecule is CCNCc1c(F)cccc1N(CC)C1CC1. The van der Waals surface area contributed by atoms with Crippen LogP contribution >= 0.6 is 0 Å². The topological polar surface area (TPSA) is 15.3 Å². The summed E-state index contributed by atoms with van der Waals surface area (Å²) in [4.78, 5) is 2.33. The maximum Gasteiger partial charge on any atom is 0.129 e. The van der Waals surface area contributed by atoms with Crippen molar-refractivity contribution < 1.29 is 4.39 Å². The van der Waals surface area contributed by atoms with Gasteiger partial charge in [0.15, 0.2) is 0 Å². The van der Waals surface area contributed by atoms with Gasteiger partial charge >= 0.3 is 0 Å². The number of hydrogen-bond acceptors (Lipinski definition) is 2. The second kappa shape index (κ2) is 5.50. The standard InChI is InChI=1S/C14H21FN2/c1-3-16-10-12-13(15)6-5-7-14(12)17(4-2)11-8-9-11/h5-7,11,16H,3-4,8-10H2,1-2H3. The molecule has 0 unspecified atom stereocenters. The number of anilines is 1. The number of hydrogen-bond donors (Lipinski definition) is 1. The Morgan fingerprint density at radius 1 is 1.35 bits per heavy atom. The maximum atomic E-state index is 13.9. The van der Waals surface area contributed by atoms with Gasteiger partial charge in [0.1, 0.15) is 5.82 Å². The van der Waals surface area contributed by atoms with Crippen LogP contribution in [0.25, 0.3) is 0 Å². The lowest BCUT2D eigenvalue weighted by Crippen LogP contribution is -2.27. The molecule has 0 saturated heterocycles. The first-order valence-electron chi connectivity index (χ1n) is 6.52. The molecule has 94 valence electrons. The van der Waals surface area contributed by atoms with Crippen molar-refractivity contribution in [1.82, 2.24) is 5.32 Å². The van der Waals surface area contributed by atoms with Crippen molar-refractivity contribution in [3.8, 4) is 0 Å². The van der Waals surface area contributed by atoms with Crippen molar-refractivity contribution in [3.63, 3.8) is 0 Å². The highest BCUT2D eigenvalue weighted by Gasteiger charge is 2.29. The summed E-state index contributed by atoms with van der Waals surface area (Å²) in [5.41, 5.74) is 1.87. The van der Waals surface area contributed by atoms with E-state index in [-0.39, 0.29) is 5.82 Å². The molecule has 2 rings (SSSR count). The van der Waals surface area contributed by atoms with E-state index in [2.05, 4.69) is 17.1 Å². The molecule has 1 aromatic rings. The van der Waals surface area contributed by atoms with Gasteiger partial charge in [0, 0.05) is 30.4 Å². The number of nitrogens with one attached hydrogen (secondary N) is 1. The summed E-state index contributed by atoms with van der Waals surface area (Å²) >= 11 is 0. The average Bonchev–Trinajstić information content (AvgIpc) is 3.14. The lowest BCUT2D eigenvalue weighted by atomic mass is 10.1.